The molecule has 1 N–H and O–H groups in total. The van der Waals surface area contributed by atoms with Gasteiger partial charge in [0.15, 0.2) is 6.61 Å². The number of benzene rings is 3. The molecule has 0 spiro atoms. The molecule has 1 aliphatic heterocycles. The van der Waals surface area contributed by atoms with Crippen molar-refractivity contribution in [2.45, 2.75) is 24.2 Å². The van der Waals surface area contributed by atoms with E-state index in [0.29, 0.717) is 24.3 Å². The first-order valence-corrected chi connectivity index (χ1v) is 11.9. The van der Waals surface area contributed by atoms with Crippen molar-refractivity contribution in [2.75, 3.05) is 25.0 Å². The molecule has 3 aromatic rings. The first-order chi connectivity index (χ1) is 15.4. The van der Waals surface area contributed by atoms with Gasteiger partial charge >= 0.3 is 5.97 Å². The van der Waals surface area contributed by atoms with E-state index in [1.54, 1.807) is 12.1 Å². The number of amides is 1. The van der Waals surface area contributed by atoms with E-state index in [0.717, 1.165) is 30.0 Å². The van der Waals surface area contributed by atoms with E-state index in [9.17, 15) is 18.0 Å². The fourth-order valence-electron chi connectivity index (χ4n) is 3.69. The van der Waals surface area contributed by atoms with E-state index in [-0.39, 0.29) is 4.90 Å². The molecule has 7 nitrogen and oxygen atoms in total. The highest BCUT2D eigenvalue weighted by Crippen LogP contribution is 2.22. The fraction of sp³-hybridized carbons (Fsp3) is 0.250. The van der Waals surface area contributed by atoms with Gasteiger partial charge in [-0.1, -0.05) is 36.8 Å². The Bertz CT molecular complexity index is 1230. The van der Waals surface area contributed by atoms with Gasteiger partial charge in [0, 0.05) is 18.8 Å². The van der Waals surface area contributed by atoms with Crippen molar-refractivity contribution < 1.29 is 22.7 Å². The molecule has 1 heterocycles. The minimum atomic E-state index is -3.52. The summed E-state index contributed by atoms with van der Waals surface area (Å²) >= 11 is 0. The van der Waals surface area contributed by atoms with Crippen LogP contribution < -0.4 is 5.32 Å². The number of nitrogens with zero attached hydrogens (tertiary/aromatic N) is 1. The van der Waals surface area contributed by atoms with Crippen LogP contribution in [0, 0.1) is 0 Å². The van der Waals surface area contributed by atoms with Gasteiger partial charge in [-0.2, -0.15) is 4.31 Å². The normalized spacial score (nSPS) is 14.8. The second-order valence-electron chi connectivity index (χ2n) is 7.68. The summed E-state index contributed by atoms with van der Waals surface area (Å²) in [5, 5.41) is 4.53. The fourth-order valence-corrected chi connectivity index (χ4v) is 5.21. The number of hydrogen-bond acceptors (Lipinski definition) is 5. The molecule has 0 aromatic heterocycles. The van der Waals surface area contributed by atoms with E-state index in [1.807, 2.05) is 30.3 Å². The van der Waals surface area contributed by atoms with Crippen molar-refractivity contribution in [3.8, 4) is 0 Å². The van der Waals surface area contributed by atoms with Crippen LogP contribution in [0.5, 0.6) is 0 Å². The number of fused-ring (bicyclic) bond motifs is 1. The molecule has 1 fully saturated rings. The second kappa shape index (κ2) is 9.50. The van der Waals surface area contributed by atoms with Crippen LogP contribution in [0.25, 0.3) is 10.8 Å². The summed E-state index contributed by atoms with van der Waals surface area (Å²) in [4.78, 5) is 24.6. The summed E-state index contributed by atoms with van der Waals surface area (Å²) in [6, 6.07) is 18.8. The number of esters is 1. The Labute approximate surface area is 187 Å². The van der Waals surface area contributed by atoms with E-state index >= 15 is 0 Å². The molecule has 0 atom stereocenters. The quantitative estimate of drug-likeness (QED) is 0.574. The Morgan fingerprint density at radius 1 is 0.875 bits per heavy atom. The minimum absolute atomic E-state index is 0.195. The zero-order chi connectivity index (χ0) is 22.6. The molecule has 4 rings (SSSR count). The Hall–Kier alpha value is -3.23. The second-order valence-corrected chi connectivity index (χ2v) is 9.61. The standard InChI is InChI=1S/C24H24N2O5S/c27-23(17-31-24(28)20-9-8-18-6-2-3-7-19(18)16-20)25-21-10-12-22(13-11-21)32(29,30)26-14-4-1-5-15-26/h2-3,6-13,16H,1,4-5,14-15,17H2,(H,25,27). The van der Waals surface area contributed by atoms with Crippen molar-refractivity contribution in [3.63, 3.8) is 0 Å². The molecule has 1 aliphatic rings. The largest absolute Gasteiger partial charge is 0.452 e. The number of sulfonamides is 1. The molecule has 8 heteroatoms. The third-order valence-corrected chi connectivity index (χ3v) is 7.32. The number of carbonyl (C=O) groups excluding carboxylic acids is 2. The summed E-state index contributed by atoms with van der Waals surface area (Å²) in [7, 11) is -3.52. The molecule has 0 saturated carbocycles. The predicted octanol–water partition coefficient (Wildman–Crippen LogP) is 3.81. The molecular formula is C24H24N2O5S. The average Bonchev–Trinajstić information content (AvgIpc) is 2.83. The Balaban J connectivity index is 1.33. The van der Waals surface area contributed by atoms with Gasteiger partial charge in [-0.25, -0.2) is 13.2 Å². The maximum atomic E-state index is 12.7. The zero-order valence-corrected chi connectivity index (χ0v) is 18.3. The lowest BCUT2D eigenvalue weighted by Gasteiger charge is -2.25. The SMILES string of the molecule is O=C(COC(=O)c1ccc2ccccc2c1)Nc1ccc(S(=O)(=O)N2CCCCC2)cc1. The van der Waals surface area contributed by atoms with E-state index in [1.165, 1.54) is 28.6 Å². The van der Waals surface area contributed by atoms with Gasteiger partial charge in [0.2, 0.25) is 10.0 Å². The van der Waals surface area contributed by atoms with Crippen LogP contribution in [-0.2, 0) is 19.6 Å². The summed E-state index contributed by atoms with van der Waals surface area (Å²) < 4.78 is 32.0. The highest BCUT2D eigenvalue weighted by atomic mass is 32.2. The first kappa shape index (κ1) is 22.0. The average molecular weight is 453 g/mol. The lowest BCUT2D eigenvalue weighted by molar-refractivity contribution is -0.119. The summed E-state index contributed by atoms with van der Waals surface area (Å²) in [5.41, 5.74) is 0.790. The monoisotopic (exact) mass is 452 g/mol. The summed E-state index contributed by atoms with van der Waals surface area (Å²) in [5.74, 6) is -1.10. The van der Waals surface area contributed by atoms with Crippen molar-refractivity contribution in [1.82, 2.24) is 4.31 Å². The van der Waals surface area contributed by atoms with Crippen LogP contribution in [0.3, 0.4) is 0 Å². The lowest BCUT2D eigenvalue weighted by Crippen LogP contribution is -2.35. The van der Waals surface area contributed by atoms with Crippen LogP contribution in [0.15, 0.2) is 71.6 Å². The summed E-state index contributed by atoms with van der Waals surface area (Å²) in [6.07, 6.45) is 2.78. The summed E-state index contributed by atoms with van der Waals surface area (Å²) in [6.45, 7) is 0.617. The number of piperidine rings is 1. The molecule has 0 bridgehead atoms. The number of carbonyl (C=O) groups is 2. The highest BCUT2D eigenvalue weighted by molar-refractivity contribution is 7.89. The number of ether oxygens (including phenoxy) is 1. The van der Waals surface area contributed by atoms with E-state index in [4.69, 9.17) is 4.74 Å². The van der Waals surface area contributed by atoms with Gasteiger partial charge in [-0.05, 0) is 60.0 Å². The molecule has 32 heavy (non-hydrogen) atoms. The topological polar surface area (TPSA) is 92.8 Å². The maximum absolute atomic E-state index is 12.7. The molecular weight excluding hydrogens is 428 g/mol. The molecule has 3 aromatic carbocycles. The molecule has 1 amide bonds. The lowest BCUT2D eigenvalue weighted by atomic mass is 10.1. The van der Waals surface area contributed by atoms with Gasteiger partial charge < -0.3 is 10.1 Å². The van der Waals surface area contributed by atoms with E-state index in [2.05, 4.69) is 5.32 Å². The third-order valence-electron chi connectivity index (χ3n) is 5.41. The first-order valence-electron chi connectivity index (χ1n) is 10.5. The van der Waals surface area contributed by atoms with Gasteiger partial charge in [0.25, 0.3) is 5.91 Å². The van der Waals surface area contributed by atoms with Crippen LogP contribution in [-0.4, -0.2) is 44.3 Å². The van der Waals surface area contributed by atoms with Crippen LogP contribution in [0.2, 0.25) is 0 Å². The molecule has 0 aliphatic carbocycles. The minimum Gasteiger partial charge on any atom is -0.452 e. The van der Waals surface area contributed by atoms with Crippen LogP contribution >= 0.6 is 0 Å². The Kier molecular flexibility index (Phi) is 6.53. The van der Waals surface area contributed by atoms with Gasteiger partial charge in [0.1, 0.15) is 0 Å². The number of nitrogens with one attached hydrogen (secondary N) is 1. The van der Waals surface area contributed by atoms with Crippen molar-refractivity contribution in [3.05, 3.63) is 72.3 Å². The van der Waals surface area contributed by atoms with Crippen LogP contribution in [0.4, 0.5) is 5.69 Å². The Morgan fingerprint density at radius 3 is 2.28 bits per heavy atom. The maximum Gasteiger partial charge on any atom is 0.338 e. The highest BCUT2D eigenvalue weighted by Gasteiger charge is 2.25. The predicted molar refractivity (Wildman–Crippen MR) is 122 cm³/mol. The molecule has 0 radical (unpaired) electrons. The molecule has 1 saturated heterocycles. The van der Waals surface area contributed by atoms with Gasteiger partial charge in [0.05, 0.1) is 10.5 Å². The number of anilines is 1. The van der Waals surface area contributed by atoms with Crippen molar-refractivity contribution >= 4 is 38.4 Å². The smallest absolute Gasteiger partial charge is 0.338 e. The number of hydrogen-bond donors (Lipinski definition) is 1. The molecule has 166 valence electrons. The number of rotatable bonds is 6. The van der Waals surface area contributed by atoms with Crippen molar-refractivity contribution in [1.29, 1.82) is 0 Å². The van der Waals surface area contributed by atoms with Crippen LogP contribution in [0.1, 0.15) is 29.6 Å². The molecule has 0 unspecified atom stereocenters. The Morgan fingerprint density at radius 2 is 1.56 bits per heavy atom. The van der Waals surface area contributed by atoms with E-state index < -0.39 is 28.5 Å². The zero-order valence-electron chi connectivity index (χ0n) is 17.5. The third kappa shape index (κ3) is 4.98. The van der Waals surface area contributed by atoms with Crippen molar-refractivity contribution in [2.24, 2.45) is 0 Å². The van der Waals surface area contributed by atoms with Gasteiger partial charge in [-0.15, -0.1) is 0 Å². The van der Waals surface area contributed by atoms with Gasteiger partial charge in [-0.3, -0.25) is 4.79 Å².